The van der Waals surface area contributed by atoms with Crippen LogP contribution in [0.5, 0.6) is 0 Å². The predicted molar refractivity (Wildman–Crippen MR) is 100 cm³/mol. The van der Waals surface area contributed by atoms with Crippen LogP contribution >= 0.6 is 11.3 Å². The summed E-state index contributed by atoms with van der Waals surface area (Å²) in [6.45, 7) is 4.15. The second-order valence-electron chi connectivity index (χ2n) is 7.12. The van der Waals surface area contributed by atoms with E-state index in [4.69, 9.17) is 0 Å². The van der Waals surface area contributed by atoms with Gasteiger partial charge in [-0.05, 0) is 55.9 Å². The second-order valence-corrected chi connectivity index (χ2v) is 8.22. The number of nitrogens with two attached hydrogens (primary N) is 1. The average Bonchev–Trinajstić information content (AvgIpc) is 2.97. The Balaban J connectivity index is 1.63. The molecular weight excluding hydrogens is 368 g/mol. The number of nitriles is 1. The molecule has 0 unspecified atom stereocenters. The van der Waals surface area contributed by atoms with Crippen LogP contribution in [0.25, 0.3) is 0 Å². The van der Waals surface area contributed by atoms with Gasteiger partial charge in [-0.3, -0.25) is 4.79 Å². The van der Waals surface area contributed by atoms with E-state index in [2.05, 4.69) is 18.3 Å². The van der Waals surface area contributed by atoms with Gasteiger partial charge in [0.25, 0.3) is 5.91 Å². The molecule has 0 aliphatic heterocycles. The third kappa shape index (κ3) is 4.34. The monoisotopic (exact) mass is 390 g/mol. The Kier molecular flexibility index (Phi) is 5.88. The molecule has 1 aromatic carbocycles. The number of nitrogens with zero attached hydrogens (tertiary/aromatic N) is 1. The van der Waals surface area contributed by atoms with Crippen molar-refractivity contribution in [3.63, 3.8) is 0 Å². The molecule has 1 amide bonds. The molecule has 7 heteroatoms. The fraction of sp³-hybridized carbons (Fsp3) is 0.400. The predicted octanol–water partition coefficient (Wildman–Crippen LogP) is 3.29. The first-order valence-corrected chi connectivity index (χ1v) is 9.83. The van der Waals surface area contributed by atoms with Crippen molar-refractivity contribution in [1.82, 2.24) is 0 Å². The molecule has 3 N–H and O–H groups in total. The Morgan fingerprint density at radius 3 is 2.93 bits per heavy atom. The summed E-state index contributed by atoms with van der Waals surface area (Å²) in [4.78, 5) is 13.5. The summed E-state index contributed by atoms with van der Waals surface area (Å²) in [5, 5.41) is 14.7. The quantitative estimate of drug-likeness (QED) is 0.823. The molecule has 1 heterocycles. The van der Waals surface area contributed by atoms with Gasteiger partial charge in [-0.15, -0.1) is 11.3 Å². The zero-order valence-electron chi connectivity index (χ0n) is 15.3. The van der Waals surface area contributed by atoms with Gasteiger partial charge >= 0.3 is 0 Å². The van der Waals surface area contributed by atoms with E-state index in [0.29, 0.717) is 22.0 Å². The van der Waals surface area contributed by atoms with Gasteiger partial charge in [0, 0.05) is 10.4 Å². The van der Waals surface area contributed by atoms with Crippen LogP contribution in [0.15, 0.2) is 18.2 Å². The number of carbonyl (C=O) groups excluding carboxylic acids is 1. The highest BCUT2D eigenvalue weighted by molar-refractivity contribution is 7.16. The number of rotatable bonds is 5. The lowest BCUT2D eigenvalue weighted by Crippen LogP contribution is -2.86. The second kappa shape index (κ2) is 8.15. The molecule has 2 aromatic rings. The van der Waals surface area contributed by atoms with E-state index in [1.165, 1.54) is 22.3 Å². The van der Waals surface area contributed by atoms with Crippen LogP contribution in [0.4, 0.5) is 13.8 Å². The van der Waals surface area contributed by atoms with Crippen LogP contribution in [-0.2, 0) is 17.6 Å². The Morgan fingerprint density at radius 1 is 1.44 bits per heavy atom. The van der Waals surface area contributed by atoms with Crippen LogP contribution in [0.1, 0.15) is 47.9 Å². The van der Waals surface area contributed by atoms with Gasteiger partial charge in [-0.1, -0.05) is 6.92 Å². The third-order valence-electron chi connectivity index (χ3n) is 5.00. The fourth-order valence-corrected chi connectivity index (χ4v) is 4.73. The van der Waals surface area contributed by atoms with Crippen molar-refractivity contribution < 1.29 is 18.9 Å². The molecule has 3 rings (SSSR count). The molecule has 0 fully saturated rings. The van der Waals surface area contributed by atoms with E-state index in [1.807, 2.05) is 6.92 Å². The Labute approximate surface area is 161 Å². The van der Waals surface area contributed by atoms with Crippen LogP contribution in [0, 0.1) is 28.9 Å². The van der Waals surface area contributed by atoms with Crippen LogP contribution in [0.3, 0.4) is 0 Å². The summed E-state index contributed by atoms with van der Waals surface area (Å²) in [6, 6.07) is 5.79. The topological polar surface area (TPSA) is 69.5 Å². The van der Waals surface area contributed by atoms with E-state index in [1.54, 1.807) is 5.32 Å². The maximum absolute atomic E-state index is 13.4. The Bertz CT molecular complexity index is 903. The van der Waals surface area contributed by atoms with Gasteiger partial charge < -0.3 is 10.6 Å². The number of nitrogens with one attached hydrogen (secondary N) is 1. The van der Waals surface area contributed by atoms with E-state index < -0.39 is 11.6 Å². The van der Waals surface area contributed by atoms with Crippen molar-refractivity contribution in [2.45, 2.75) is 39.2 Å². The fourth-order valence-electron chi connectivity index (χ4n) is 3.35. The molecule has 0 spiro atoms. The molecule has 0 saturated heterocycles. The maximum Gasteiger partial charge on any atom is 0.280 e. The molecular formula is C20H22F2N3OS+. The lowest BCUT2D eigenvalue weighted by molar-refractivity contribution is -0.682. The molecule has 0 radical (unpaired) electrons. The summed E-state index contributed by atoms with van der Waals surface area (Å²) in [5.74, 6) is -1.40. The molecule has 4 nitrogen and oxygen atoms in total. The van der Waals surface area contributed by atoms with Crippen LogP contribution < -0.4 is 10.6 Å². The molecule has 142 valence electrons. The number of hydrogen-bond acceptors (Lipinski definition) is 3. The van der Waals surface area contributed by atoms with Crippen molar-refractivity contribution in [1.29, 1.82) is 5.26 Å². The molecule has 2 atom stereocenters. The Morgan fingerprint density at radius 2 is 2.22 bits per heavy atom. The molecule has 1 aliphatic rings. The number of benzene rings is 1. The normalized spacial score (nSPS) is 17.1. The third-order valence-corrected chi connectivity index (χ3v) is 6.17. The van der Waals surface area contributed by atoms with Gasteiger partial charge in [0.05, 0.1) is 5.56 Å². The first kappa shape index (κ1) is 19.5. The molecule has 0 bridgehead atoms. The largest absolute Gasteiger partial charge is 0.333 e. The number of hydrogen-bond donors (Lipinski definition) is 2. The van der Waals surface area contributed by atoms with Gasteiger partial charge in [-0.2, -0.15) is 5.26 Å². The minimum absolute atomic E-state index is 0.129. The number of quaternary nitrogens is 1. The van der Waals surface area contributed by atoms with Crippen molar-refractivity contribution in [2.75, 3.05) is 11.9 Å². The highest BCUT2D eigenvalue weighted by Crippen LogP contribution is 2.39. The minimum Gasteiger partial charge on any atom is -0.333 e. The Hall–Kier alpha value is -2.30. The van der Waals surface area contributed by atoms with E-state index in [0.717, 1.165) is 37.0 Å². The lowest BCUT2D eigenvalue weighted by Gasteiger charge is -2.17. The zero-order valence-corrected chi connectivity index (χ0v) is 16.1. The number of halogens is 2. The average molecular weight is 390 g/mol. The smallest absolute Gasteiger partial charge is 0.280 e. The van der Waals surface area contributed by atoms with Crippen molar-refractivity contribution in [3.8, 4) is 6.07 Å². The van der Waals surface area contributed by atoms with E-state index in [-0.39, 0.29) is 18.5 Å². The standard InChI is InChI=1S/C20H21F2N3OS/c1-11-3-5-14-15(9-23)20(27-18(14)7-11)25-19(26)10-24-12(2)13-4-6-16(21)17(22)8-13/h4,6,8,11-12,24H,3,5,7,10H2,1-2H3,(H,25,26)/p+1/t11-,12+/m1/s1. The van der Waals surface area contributed by atoms with Crippen molar-refractivity contribution >= 4 is 22.2 Å². The number of thiophene rings is 1. The highest BCUT2D eigenvalue weighted by Gasteiger charge is 2.25. The van der Waals surface area contributed by atoms with Crippen LogP contribution in [0.2, 0.25) is 0 Å². The summed E-state index contributed by atoms with van der Waals surface area (Å²) in [7, 11) is 0. The summed E-state index contributed by atoms with van der Waals surface area (Å²) < 4.78 is 26.4. The summed E-state index contributed by atoms with van der Waals surface area (Å²) in [6.07, 6.45) is 2.89. The minimum atomic E-state index is -0.894. The van der Waals surface area contributed by atoms with Gasteiger partial charge in [0.1, 0.15) is 17.1 Å². The van der Waals surface area contributed by atoms with Gasteiger partial charge in [0.15, 0.2) is 18.2 Å². The van der Waals surface area contributed by atoms with Gasteiger partial charge in [-0.25, -0.2) is 8.78 Å². The first-order chi connectivity index (χ1) is 12.9. The number of anilines is 1. The number of fused-ring (bicyclic) bond motifs is 1. The van der Waals surface area contributed by atoms with E-state index >= 15 is 0 Å². The van der Waals surface area contributed by atoms with E-state index in [9.17, 15) is 18.8 Å². The zero-order chi connectivity index (χ0) is 19.6. The van der Waals surface area contributed by atoms with Crippen LogP contribution in [-0.4, -0.2) is 12.5 Å². The maximum atomic E-state index is 13.4. The summed E-state index contributed by atoms with van der Waals surface area (Å²) >= 11 is 1.49. The first-order valence-electron chi connectivity index (χ1n) is 9.01. The van der Waals surface area contributed by atoms with Crippen molar-refractivity contribution in [2.24, 2.45) is 5.92 Å². The molecule has 1 aliphatic carbocycles. The molecule has 27 heavy (non-hydrogen) atoms. The lowest BCUT2D eigenvalue weighted by atomic mass is 9.89. The molecule has 0 saturated carbocycles. The molecule has 1 aromatic heterocycles. The summed E-state index contributed by atoms with van der Waals surface area (Å²) in [5.41, 5.74) is 2.28. The highest BCUT2D eigenvalue weighted by atomic mass is 32.1. The number of amides is 1. The number of carbonyl (C=O) groups is 1. The van der Waals surface area contributed by atoms with Gasteiger partial charge in [0.2, 0.25) is 0 Å². The van der Waals surface area contributed by atoms with Crippen molar-refractivity contribution in [3.05, 3.63) is 51.4 Å². The SMILES string of the molecule is C[C@@H]1CCc2c(sc(NC(=O)C[NH2+][C@@H](C)c3ccc(F)c(F)c3)c2C#N)C1.